The lowest BCUT2D eigenvalue weighted by atomic mass is 10.2. The number of fused-ring (bicyclic) bond motifs is 1. The van der Waals surface area contributed by atoms with E-state index in [9.17, 15) is 10.1 Å². The molecule has 5 heteroatoms. The lowest BCUT2D eigenvalue weighted by Gasteiger charge is -2.02. The molecule has 0 N–H and O–H groups in total. The van der Waals surface area contributed by atoms with Gasteiger partial charge in [-0.25, -0.2) is 4.57 Å². The Morgan fingerprint density at radius 2 is 2.06 bits per heavy atom. The molecule has 1 heterocycles. The maximum Gasteiger partial charge on any atom is 0.324 e. The van der Waals surface area contributed by atoms with Crippen LogP contribution in [0.25, 0.3) is 10.9 Å². The number of aromatic nitrogens is 1. The van der Waals surface area contributed by atoms with E-state index in [1.54, 1.807) is 10.6 Å². The van der Waals surface area contributed by atoms with Gasteiger partial charge in [0.2, 0.25) is 0 Å². The number of rotatable bonds is 5. The molecule has 0 bridgehead atoms. The van der Waals surface area contributed by atoms with E-state index >= 15 is 0 Å². The van der Waals surface area contributed by atoms with E-state index in [2.05, 4.69) is 0 Å². The second kappa shape index (κ2) is 5.19. The summed E-state index contributed by atoms with van der Waals surface area (Å²) in [6, 6.07) is 9.19. The van der Waals surface area contributed by atoms with Gasteiger partial charge in [-0.3, -0.25) is 0 Å². The Labute approximate surface area is 104 Å². The molecule has 4 nitrogen and oxygen atoms in total. The van der Waals surface area contributed by atoms with Gasteiger partial charge in [-0.05, 0) is 23.8 Å². The number of unbranched alkanes of at least 4 members (excludes halogenated alkanes) is 1. The molecule has 0 aliphatic heterocycles. The average Bonchev–Trinajstić information content (AvgIpc) is 2.69. The number of nitro groups is 1. The molecular formula is C12H13ClN2O2. The minimum Gasteiger partial charge on any atom is -0.358 e. The highest BCUT2D eigenvalue weighted by atomic mass is 35.5. The molecular weight excluding hydrogens is 240 g/mol. The van der Waals surface area contributed by atoms with Crippen molar-refractivity contribution in [1.82, 2.24) is 4.57 Å². The van der Waals surface area contributed by atoms with Crippen LogP contribution in [0.1, 0.15) is 12.8 Å². The van der Waals surface area contributed by atoms with Gasteiger partial charge in [-0.2, -0.15) is 0 Å². The van der Waals surface area contributed by atoms with Crippen molar-refractivity contribution in [2.75, 3.05) is 5.88 Å². The lowest BCUT2D eigenvalue weighted by Crippen LogP contribution is -2.03. The fourth-order valence-electron chi connectivity index (χ4n) is 1.95. The topological polar surface area (TPSA) is 48.1 Å². The Morgan fingerprint density at radius 1 is 1.29 bits per heavy atom. The highest BCUT2D eigenvalue weighted by molar-refractivity contribution is 6.17. The summed E-state index contributed by atoms with van der Waals surface area (Å²) < 4.78 is 1.75. The molecule has 0 saturated heterocycles. The van der Waals surface area contributed by atoms with Crippen LogP contribution >= 0.6 is 11.6 Å². The van der Waals surface area contributed by atoms with Gasteiger partial charge in [0, 0.05) is 17.3 Å². The summed E-state index contributed by atoms with van der Waals surface area (Å²) in [7, 11) is 0. The molecule has 0 aliphatic carbocycles. The fraction of sp³-hybridized carbons (Fsp3) is 0.333. The first kappa shape index (κ1) is 11.9. The average molecular weight is 253 g/mol. The quantitative estimate of drug-likeness (QED) is 0.353. The van der Waals surface area contributed by atoms with E-state index in [1.165, 1.54) is 0 Å². The zero-order chi connectivity index (χ0) is 12.3. The number of benzene rings is 1. The zero-order valence-electron chi connectivity index (χ0n) is 9.30. The Morgan fingerprint density at radius 3 is 2.76 bits per heavy atom. The normalized spacial score (nSPS) is 10.9. The van der Waals surface area contributed by atoms with Crippen LogP contribution in [0.3, 0.4) is 0 Å². The number of alkyl halides is 1. The van der Waals surface area contributed by atoms with E-state index in [0.29, 0.717) is 12.4 Å². The smallest absolute Gasteiger partial charge is 0.324 e. The van der Waals surface area contributed by atoms with Crippen LogP contribution < -0.4 is 0 Å². The van der Waals surface area contributed by atoms with Gasteiger partial charge < -0.3 is 10.1 Å². The van der Waals surface area contributed by atoms with Crippen molar-refractivity contribution in [3.8, 4) is 0 Å². The van der Waals surface area contributed by atoms with E-state index in [4.69, 9.17) is 11.6 Å². The zero-order valence-corrected chi connectivity index (χ0v) is 10.1. The molecule has 0 unspecified atom stereocenters. The second-order valence-electron chi connectivity index (χ2n) is 3.87. The minimum absolute atomic E-state index is 0.153. The van der Waals surface area contributed by atoms with Crippen molar-refractivity contribution in [3.05, 3.63) is 40.4 Å². The fourth-order valence-corrected chi connectivity index (χ4v) is 2.14. The minimum atomic E-state index is -0.333. The van der Waals surface area contributed by atoms with Crippen LogP contribution in [0.5, 0.6) is 0 Å². The molecule has 17 heavy (non-hydrogen) atoms. The molecule has 0 spiro atoms. The summed E-state index contributed by atoms with van der Waals surface area (Å²) in [4.78, 5) is 10.7. The Bertz CT molecular complexity index is 536. The Hall–Kier alpha value is -1.55. The monoisotopic (exact) mass is 252 g/mol. The maximum absolute atomic E-state index is 11.0. The van der Waals surface area contributed by atoms with Crippen molar-refractivity contribution in [2.24, 2.45) is 0 Å². The Kier molecular flexibility index (Phi) is 3.64. The van der Waals surface area contributed by atoms with Gasteiger partial charge >= 0.3 is 5.82 Å². The molecule has 0 fully saturated rings. The molecule has 1 aromatic heterocycles. The van der Waals surface area contributed by atoms with Crippen LogP contribution in [0, 0.1) is 10.1 Å². The predicted molar refractivity (Wildman–Crippen MR) is 68.5 cm³/mol. The second-order valence-corrected chi connectivity index (χ2v) is 4.24. The number of hydrogen-bond acceptors (Lipinski definition) is 2. The molecule has 0 aliphatic rings. The van der Waals surface area contributed by atoms with Crippen molar-refractivity contribution >= 4 is 28.3 Å². The van der Waals surface area contributed by atoms with Crippen molar-refractivity contribution < 1.29 is 4.92 Å². The van der Waals surface area contributed by atoms with Crippen LogP contribution in [-0.4, -0.2) is 15.4 Å². The summed E-state index contributed by atoms with van der Waals surface area (Å²) in [5.74, 6) is 0.744. The van der Waals surface area contributed by atoms with Crippen LogP contribution in [0.15, 0.2) is 30.3 Å². The first-order chi connectivity index (χ1) is 8.24. The molecule has 1 aromatic carbocycles. The van der Waals surface area contributed by atoms with Crippen molar-refractivity contribution in [1.29, 1.82) is 0 Å². The number of nitrogens with zero attached hydrogens (tertiary/aromatic N) is 2. The molecule has 2 rings (SSSR count). The van der Waals surface area contributed by atoms with Gasteiger partial charge in [0.25, 0.3) is 0 Å². The summed E-state index contributed by atoms with van der Waals surface area (Å²) in [6.45, 7) is 0.635. The third-order valence-electron chi connectivity index (χ3n) is 2.74. The predicted octanol–water partition coefficient (Wildman–Crippen LogP) is 3.57. The standard InChI is InChI=1S/C12H13ClN2O2/c13-7-3-4-8-14-11-6-2-1-5-10(11)9-12(14)15(16)17/h1-2,5-6,9H,3-4,7-8H2. The first-order valence-electron chi connectivity index (χ1n) is 5.52. The van der Waals surface area contributed by atoms with Crippen LogP contribution in [0.2, 0.25) is 0 Å². The third kappa shape index (κ3) is 2.42. The van der Waals surface area contributed by atoms with Gasteiger partial charge in [0.1, 0.15) is 5.52 Å². The molecule has 0 saturated carbocycles. The number of para-hydroxylation sites is 1. The number of aryl methyl sites for hydroxylation is 1. The van der Waals surface area contributed by atoms with Gasteiger partial charge in [-0.15, -0.1) is 11.6 Å². The van der Waals surface area contributed by atoms with E-state index in [0.717, 1.165) is 23.7 Å². The number of halogens is 1. The summed E-state index contributed by atoms with van der Waals surface area (Å²) >= 11 is 5.62. The highest BCUT2D eigenvalue weighted by Crippen LogP contribution is 2.25. The van der Waals surface area contributed by atoms with Gasteiger partial charge in [0.05, 0.1) is 6.54 Å². The Balaban J connectivity index is 2.41. The summed E-state index contributed by atoms with van der Waals surface area (Å²) in [6.07, 6.45) is 1.72. The van der Waals surface area contributed by atoms with E-state index in [-0.39, 0.29) is 10.7 Å². The molecule has 0 atom stereocenters. The molecule has 2 aromatic rings. The SMILES string of the molecule is O=[N+]([O-])c1cc2ccccc2n1CCCCCl. The first-order valence-corrected chi connectivity index (χ1v) is 6.06. The third-order valence-corrected chi connectivity index (χ3v) is 3.01. The largest absolute Gasteiger partial charge is 0.358 e. The van der Waals surface area contributed by atoms with Crippen LogP contribution in [-0.2, 0) is 6.54 Å². The molecule has 0 radical (unpaired) electrons. The summed E-state index contributed by atoms with van der Waals surface area (Å²) in [5, 5.41) is 11.9. The van der Waals surface area contributed by atoms with Gasteiger partial charge in [-0.1, -0.05) is 18.2 Å². The maximum atomic E-state index is 11.0. The van der Waals surface area contributed by atoms with E-state index in [1.807, 2.05) is 24.3 Å². The summed E-state index contributed by atoms with van der Waals surface area (Å²) in [5.41, 5.74) is 0.911. The highest BCUT2D eigenvalue weighted by Gasteiger charge is 2.17. The number of hydrogen-bond donors (Lipinski definition) is 0. The van der Waals surface area contributed by atoms with Crippen molar-refractivity contribution in [3.63, 3.8) is 0 Å². The van der Waals surface area contributed by atoms with E-state index < -0.39 is 0 Å². The van der Waals surface area contributed by atoms with Crippen LogP contribution in [0.4, 0.5) is 5.82 Å². The lowest BCUT2D eigenvalue weighted by molar-refractivity contribution is -0.391. The van der Waals surface area contributed by atoms with Gasteiger partial charge in [0.15, 0.2) is 0 Å². The molecule has 90 valence electrons. The molecule has 0 amide bonds. The van der Waals surface area contributed by atoms with Crippen molar-refractivity contribution in [2.45, 2.75) is 19.4 Å².